The van der Waals surface area contributed by atoms with Crippen LogP contribution in [0.3, 0.4) is 0 Å². The predicted octanol–water partition coefficient (Wildman–Crippen LogP) is 4.21. The van der Waals surface area contributed by atoms with E-state index in [1.807, 2.05) is 30.3 Å². The first-order chi connectivity index (χ1) is 13.1. The van der Waals surface area contributed by atoms with E-state index in [0.29, 0.717) is 48.2 Å². The predicted molar refractivity (Wildman–Crippen MR) is 104 cm³/mol. The molecule has 0 unspecified atom stereocenters. The van der Waals surface area contributed by atoms with Gasteiger partial charge in [-0.1, -0.05) is 23.7 Å². The van der Waals surface area contributed by atoms with Gasteiger partial charge in [-0.15, -0.1) is 0 Å². The number of nitrogens with one attached hydrogen (secondary N) is 1. The molecular weight excluding hydrogens is 364 g/mol. The van der Waals surface area contributed by atoms with Crippen molar-refractivity contribution in [2.75, 3.05) is 23.3 Å². The monoisotopic (exact) mass is 380 g/mol. The fraction of sp³-hybridized carbons (Fsp3) is 0.250. The summed E-state index contributed by atoms with van der Waals surface area (Å²) in [5.41, 5.74) is 2.60. The number of rotatable bonds is 3. The molecule has 0 spiro atoms. The number of amides is 1. The first-order valence-corrected chi connectivity index (χ1v) is 9.13. The van der Waals surface area contributed by atoms with Crippen molar-refractivity contribution >= 4 is 40.3 Å². The van der Waals surface area contributed by atoms with E-state index >= 15 is 0 Å². The number of hydrogen-bond donors (Lipinski definition) is 1. The van der Waals surface area contributed by atoms with Crippen LogP contribution in [0.2, 0.25) is 5.02 Å². The highest BCUT2D eigenvalue weighted by atomic mass is 35.5. The van der Waals surface area contributed by atoms with Crippen molar-refractivity contribution in [3.05, 3.63) is 53.1 Å². The summed E-state index contributed by atoms with van der Waals surface area (Å²) in [6.45, 7) is 1.41. The number of nitriles is 1. The second-order valence-electron chi connectivity index (χ2n) is 6.52. The summed E-state index contributed by atoms with van der Waals surface area (Å²) in [5.74, 6) is -0.118. The standard InChI is InChI=1S/C20H17ClN4O2/c21-16-11-15(6-5-14(16)12-22)23-19(26)13-7-9-25(10-8-13)20-24-17-3-1-2-4-18(17)27-20/h1-6,11,13H,7-10H2,(H,23,26). The van der Waals surface area contributed by atoms with Crippen LogP contribution in [-0.4, -0.2) is 24.0 Å². The number of carbonyl (C=O) groups is 1. The van der Waals surface area contributed by atoms with Gasteiger partial charge in [0.05, 0.1) is 10.6 Å². The van der Waals surface area contributed by atoms with Crippen molar-refractivity contribution in [2.45, 2.75) is 12.8 Å². The Balaban J connectivity index is 1.38. The Morgan fingerprint density at radius 1 is 1.26 bits per heavy atom. The molecule has 1 fully saturated rings. The van der Waals surface area contributed by atoms with Gasteiger partial charge in [-0.05, 0) is 43.2 Å². The van der Waals surface area contributed by atoms with Gasteiger partial charge in [-0.3, -0.25) is 4.79 Å². The van der Waals surface area contributed by atoms with Crippen molar-refractivity contribution in [3.8, 4) is 6.07 Å². The van der Waals surface area contributed by atoms with E-state index in [4.69, 9.17) is 21.3 Å². The molecule has 1 aliphatic rings. The van der Waals surface area contributed by atoms with Crippen LogP contribution in [-0.2, 0) is 4.79 Å². The number of nitrogens with zero attached hydrogens (tertiary/aromatic N) is 3. The summed E-state index contributed by atoms with van der Waals surface area (Å²) in [6.07, 6.45) is 1.43. The minimum absolute atomic E-state index is 0.0343. The average molecular weight is 381 g/mol. The maximum absolute atomic E-state index is 12.5. The minimum Gasteiger partial charge on any atom is -0.423 e. The smallest absolute Gasteiger partial charge is 0.298 e. The largest absolute Gasteiger partial charge is 0.423 e. The molecule has 0 bridgehead atoms. The van der Waals surface area contributed by atoms with Crippen LogP contribution in [0.1, 0.15) is 18.4 Å². The molecule has 6 nitrogen and oxygen atoms in total. The number of oxazole rings is 1. The first-order valence-electron chi connectivity index (χ1n) is 8.75. The van der Waals surface area contributed by atoms with E-state index in [2.05, 4.69) is 15.2 Å². The summed E-state index contributed by atoms with van der Waals surface area (Å²) in [4.78, 5) is 19.1. The molecule has 0 atom stereocenters. The zero-order chi connectivity index (χ0) is 18.8. The quantitative estimate of drug-likeness (QED) is 0.736. The van der Waals surface area contributed by atoms with Gasteiger partial charge in [0.25, 0.3) is 6.01 Å². The molecule has 2 aromatic carbocycles. The number of anilines is 2. The van der Waals surface area contributed by atoms with Crippen LogP contribution < -0.4 is 10.2 Å². The van der Waals surface area contributed by atoms with Gasteiger partial charge in [0.15, 0.2) is 5.58 Å². The van der Waals surface area contributed by atoms with Crippen molar-refractivity contribution in [2.24, 2.45) is 5.92 Å². The van der Waals surface area contributed by atoms with Crippen LogP contribution in [0.15, 0.2) is 46.9 Å². The third kappa shape index (κ3) is 3.60. The molecule has 136 valence electrons. The van der Waals surface area contributed by atoms with E-state index in [0.717, 1.165) is 11.1 Å². The molecule has 1 aliphatic heterocycles. The Morgan fingerprint density at radius 3 is 2.74 bits per heavy atom. The topological polar surface area (TPSA) is 82.2 Å². The number of benzene rings is 2. The fourth-order valence-electron chi connectivity index (χ4n) is 3.26. The summed E-state index contributed by atoms with van der Waals surface area (Å²) in [7, 11) is 0. The number of para-hydroxylation sites is 2. The number of carbonyl (C=O) groups excluding carboxylic acids is 1. The molecule has 1 N–H and O–H groups in total. The Kier molecular flexibility index (Phi) is 4.69. The molecular formula is C20H17ClN4O2. The molecule has 0 saturated carbocycles. The third-order valence-corrected chi connectivity index (χ3v) is 5.09. The highest BCUT2D eigenvalue weighted by molar-refractivity contribution is 6.32. The second kappa shape index (κ2) is 7.29. The van der Waals surface area contributed by atoms with Crippen LogP contribution in [0.5, 0.6) is 0 Å². The van der Waals surface area contributed by atoms with Crippen molar-refractivity contribution in [1.82, 2.24) is 4.98 Å². The maximum atomic E-state index is 12.5. The first kappa shape index (κ1) is 17.4. The van der Waals surface area contributed by atoms with Crippen molar-refractivity contribution < 1.29 is 9.21 Å². The summed E-state index contributed by atoms with van der Waals surface area (Å²) >= 11 is 6.02. The van der Waals surface area contributed by atoms with E-state index in [-0.39, 0.29) is 11.8 Å². The molecule has 1 amide bonds. The van der Waals surface area contributed by atoms with E-state index in [9.17, 15) is 4.79 Å². The number of halogens is 1. The number of fused-ring (bicyclic) bond motifs is 1. The molecule has 3 aromatic rings. The van der Waals surface area contributed by atoms with Crippen LogP contribution >= 0.6 is 11.6 Å². The lowest BCUT2D eigenvalue weighted by atomic mass is 9.96. The van der Waals surface area contributed by atoms with Gasteiger partial charge in [-0.2, -0.15) is 10.2 Å². The van der Waals surface area contributed by atoms with Gasteiger partial charge in [0.2, 0.25) is 5.91 Å². The lowest BCUT2D eigenvalue weighted by Gasteiger charge is -2.30. The summed E-state index contributed by atoms with van der Waals surface area (Å²) in [6, 6.07) is 15.2. The Bertz CT molecular complexity index is 999. The molecule has 0 radical (unpaired) electrons. The zero-order valence-electron chi connectivity index (χ0n) is 14.5. The summed E-state index contributed by atoms with van der Waals surface area (Å²) < 4.78 is 5.81. The zero-order valence-corrected chi connectivity index (χ0v) is 15.2. The molecule has 7 heteroatoms. The van der Waals surface area contributed by atoms with E-state index in [1.165, 1.54) is 0 Å². The average Bonchev–Trinajstić information content (AvgIpc) is 3.12. The molecule has 2 heterocycles. The number of hydrogen-bond acceptors (Lipinski definition) is 5. The third-order valence-electron chi connectivity index (χ3n) is 4.78. The Labute approximate surface area is 161 Å². The molecule has 0 aliphatic carbocycles. The van der Waals surface area contributed by atoms with Gasteiger partial charge in [0.1, 0.15) is 11.6 Å². The Morgan fingerprint density at radius 2 is 2.04 bits per heavy atom. The van der Waals surface area contributed by atoms with E-state index < -0.39 is 0 Å². The van der Waals surface area contributed by atoms with Crippen molar-refractivity contribution in [1.29, 1.82) is 5.26 Å². The lowest BCUT2D eigenvalue weighted by Crippen LogP contribution is -2.38. The van der Waals surface area contributed by atoms with Crippen LogP contribution in [0, 0.1) is 17.2 Å². The van der Waals surface area contributed by atoms with Gasteiger partial charge < -0.3 is 14.6 Å². The van der Waals surface area contributed by atoms with Gasteiger partial charge in [0, 0.05) is 24.7 Å². The van der Waals surface area contributed by atoms with E-state index in [1.54, 1.807) is 18.2 Å². The molecule has 27 heavy (non-hydrogen) atoms. The maximum Gasteiger partial charge on any atom is 0.298 e. The fourth-order valence-corrected chi connectivity index (χ4v) is 3.48. The highest BCUT2D eigenvalue weighted by Gasteiger charge is 2.27. The number of piperidine rings is 1. The lowest BCUT2D eigenvalue weighted by molar-refractivity contribution is -0.120. The molecule has 4 rings (SSSR count). The molecule has 1 aromatic heterocycles. The van der Waals surface area contributed by atoms with Crippen molar-refractivity contribution in [3.63, 3.8) is 0 Å². The SMILES string of the molecule is N#Cc1ccc(NC(=O)C2CCN(c3nc4ccccc4o3)CC2)cc1Cl. The number of aromatic nitrogens is 1. The second-order valence-corrected chi connectivity index (χ2v) is 6.93. The van der Waals surface area contributed by atoms with Gasteiger partial charge >= 0.3 is 0 Å². The minimum atomic E-state index is -0.0833. The van der Waals surface area contributed by atoms with Crippen LogP contribution in [0.25, 0.3) is 11.1 Å². The van der Waals surface area contributed by atoms with Crippen LogP contribution in [0.4, 0.5) is 11.7 Å². The highest BCUT2D eigenvalue weighted by Crippen LogP contribution is 2.27. The molecule has 1 saturated heterocycles. The Hall–Kier alpha value is -3.04. The van der Waals surface area contributed by atoms with Gasteiger partial charge in [-0.25, -0.2) is 0 Å². The normalized spacial score (nSPS) is 14.9. The summed E-state index contributed by atoms with van der Waals surface area (Å²) in [5, 5.41) is 12.1.